The SMILES string of the molecule is CC(C)CC(NC(=O)C(N)CCC(=O)O)C(=O)NC(Cc1ccc(O)cc1)C(=O)O. The average Bonchev–Trinajstić information content (AvgIpc) is 2.65. The third-order valence-electron chi connectivity index (χ3n) is 4.34. The van der Waals surface area contributed by atoms with E-state index in [0.717, 1.165) is 0 Å². The number of phenols is 1. The number of phenolic OH excluding ortho intramolecular Hbond substituents is 1. The van der Waals surface area contributed by atoms with Crippen molar-refractivity contribution < 1.29 is 34.5 Å². The fourth-order valence-corrected chi connectivity index (χ4v) is 2.73. The number of amides is 2. The van der Waals surface area contributed by atoms with Crippen LogP contribution in [-0.4, -0.2) is 57.2 Å². The number of hydrogen-bond donors (Lipinski definition) is 6. The standard InChI is InChI=1S/C20H29N3O7/c1-11(2)9-15(22-18(27)14(21)7-8-17(25)26)19(28)23-16(20(29)30)10-12-3-5-13(24)6-4-12/h3-6,11,14-16,24H,7-10,21H2,1-2H3,(H,22,27)(H,23,28)(H,25,26)(H,29,30). The van der Waals surface area contributed by atoms with Crippen molar-refractivity contribution in [1.82, 2.24) is 10.6 Å². The molecule has 0 bridgehead atoms. The second-order valence-corrected chi connectivity index (χ2v) is 7.50. The molecule has 2 amide bonds. The van der Waals surface area contributed by atoms with Crippen LogP contribution >= 0.6 is 0 Å². The van der Waals surface area contributed by atoms with Gasteiger partial charge in [-0.3, -0.25) is 14.4 Å². The van der Waals surface area contributed by atoms with Crippen molar-refractivity contribution in [2.45, 2.75) is 57.7 Å². The molecule has 0 saturated heterocycles. The Hall–Kier alpha value is -3.14. The van der Waals surface area contributed by atoms with Crippen molar-refractivity contribution in [3.8, 4) is 5.75 Å². The highest BCUT2D eigenvalue weighted by molar-refractivity contribution is 5.92. The molecule has 3 atom stereocenters. The summed E-state index contributed by atoms with van der Waals surface area (Å²) in [5.41, 5.74) is 6.28. The van der Waals surface area contributed by atoms with Crippen molar-refractivity contribution in [2.24, 2.45) is 11.7 Å². The number of aromatic hydroxyl groups is 1. The minimum absolute atomic E-state index is 0.0108. The number of carboxylic acid groups (broad SMARTS) is 2. The van der Waals surface area contributed by atoms with E-state index in [1.165, 1.54) is 12.1 Å². The molecule has 30 heavy (non-hydrogen) atoms. The van der Waals surface area contributed by atoms with E-state index in [9.17, 15) is 29.4 Å². The topological polar surface area (TPSA) is 179 Å². The summed E-state index contributed by atoms with van der Waals surface area (Å²) in [6.45, 7) is 3.67. The van der Waals surface area contributed by atoms with Gasteiger partial charge in [0.1, 0.15) is 17.8 Å². The average molecular weight is 423 g/mol. The Balaban J connectivity index is 2.83. The maximum atomic E-state index is 12.7. The lowest BCUT2D eigenvalue weighted by Crippen LogP contribution is -2.55. The first-order chi connectivity index (χ1) is 14.0. The zero-order valence-electron chi connectivity index (χ0n) is 17.0. The Morgan fingerprint density at radius 2 is 1.53 bits per heavy atom. The fourth-order valence-electron chi connectivity index (χ4n) is 2.73. The molecule has 1 aromatic carbocycles. The van der Waals surface area contributed by atoms with Gasteiger partial charge in [-0.1, -0.05) is 26.0 Å². The van der Waals surface area contributed by atoms with Gasteiger partial charge in [0.15, 0.2) is 0 Å². The molecule has 166 valence electrons. The van der Waals surface area contributed by atoms with Crippen LogP contribution in [0.4, 0.5) is 0 Å². The molecule has 10 heteroatoms. The molecule has 1 aromatic rings. The molecule has 0 heterocycles. The lowest BCUT2D eigenvalue weighted by atomic mass is 10.0. The van der Waals surface area contributed by atoms with E-state index in [1.807, 2.05) is 13.8 Å². The van der Waals surface area contributed by atoms with Gasteiger partial charge in [-0.25, -0.2) is 4.79 Å². The van der Waals surface area contributed by atoms with Crippen molar-refractivity contribution in [1.29, 1.82) is 0 Å². The molecule has 0 fully saturated rings. The highest BCUT2D eigenvalue weighted by Crippen LogP contribution is 2.12. The van der Waals surface area contributed by atoms with Gasteiger partial charge >= 0.3 is 11.9 Å². The lowest BCUT2D eigenvalue weighted by molar-refractivity contribution is -0.142. The molecule has 0 saturated carbocycles. The second kappa shape index (κ2) is 11.8. The smallest absolute Gasteiger partial charge is 0.326 e. The van der Waals surface area contributed by atoms with E-state index in [4.69, 9.17) is 10.8 Å². The van der Waals surface area contributed by atoms with Crippen LogP contribution in [0.2, 0.25) is 0 Å². The highest BCUT2D eigenvalue weighted by atomic mass is 16.4. The zero-order chi connectivity index (χ0) is 22.8. The third kappa shape index (κ3) is 8.91. The maximum Gasteiger partial charge on any atom is 0.326 e. The number of carbonyl (C=O) groups is 4. The van der Waals surface area contributed by atoms with Crippen LogP contribution < -0.4 is 16.4 Å². The van der Waals surface area contributed by atoms with Gasteiger partial charge in [-0.15, -0.1) is 0 Å². The van der Waals surface area contributed by atoms with E-state index in [0.29, 0.717) is 5.56 Å². The third-order valence-corrected chi connectivity index (χ3v) is 4.34. The van der Waals surface area contributed by atoms with Gasteiger partial charge < -0.3 is 31.7 Å². The summed E-state index contributed by atoms with van der Waals surface area (Å²) in [4.78, 5) is 47.2. The number of benzene rings is 1. The molecule has 0 radical (unpaired) electrons. The van der Waals surface area contributed by atoms with Crippen LogP contribution in [0.1, 0.15) is 38.7 Å². The number of nitrogens with two attached hydrogens (primary N) is 1. The summed E-state index contributed by atoms with van der Waals surface area (Å²) in [7, 11) is 0. The minimum atomic E-state index is -1.25. The number of rotatable bonds is 12. The molecule has 0 aliphatic heterocycles. The maximum absolute atomic E-state index is 12.7. The summed E-state index contributed by atoms with van der Waals surface area (Å²) in [6.07, 6.45) is -0.143. The van der Waals surface area contributed by atoms with Crippen molar-refractivity contribution >= 4 is 23.8 Å². The highest BCUT2D eigenvalue weighted by Gasteiger charge is 2.28. The van der Waals surface area contributed by atoms with E-state index < -0.39 is 41.9 Å². The molecule has 0 aliphatic rings. The van der Waals surface area contributed by atoms with E-state index in [-0.39, 0.29) is 37.4 Å². The second-order valence-electron chi connectivity index (χ2n) is 7.50. The van der Waals surface area contributed by atoms with Crippen molar-refractivity contribution in [3.05, 3.63) is 29.8 Å². The van der Waals surface area contributed by atoms with Gasteiger partial charge in [0.05, 0.1) is 6.04 Å². The van der Waals surface area contributed by atoms with E-state index in [1.54, 1.807) is 12.1 Å². The number of aliphatic carboxylic acids is 2. The Kier molecular flexibility index (Phi) is 9.76. The Labute approximate surface area is 174 Å². The van der Waals surface area contributed by atoms with Gasteiger partial charge in [-0.2, -0.15) is 0 Å². The van der Waals surface area contributed by atoms with Gasteiger partial charge in [0.25, 0.3) is 0 Å². The van der Waals surface area contributed by atoms with Crippen LogP contribution in [0.5, 0.6) is 5.75 Å². The largest absolute Gasteiger partial charge is 0.508 e. The summed E-state index contributed by atoms with van der Waals surface area (Å²) in [5, 5.41) is 32.4. The first-order valence-corrected chi connectivity index (χ1v) is 9.58. The number of carboxylic acids is 2. The van der Waals surface area contributed by atoms with E-state index >= 15 is 0 Å². The Bertz CT molecular complexity index is 749. The van der Waals surface area contributed by atoms with Crippen LogP contribution in [0, 0.1) is 5.92 Å². The first-order valence-electron chi connectivity index (χ1n) is 9.58. The molecule has 3 unspecified atom stereocenters. The normalized spacial score (nSPS) is 13.9. The molecule has 0 aromatic heterocycles. The Morgan fingerprint density at radius 1 is 0.967 bits per heavy atom. The van der Waals surface area contributed by atoms with Crippen molar-refractivity contribution in [3.63, 3.8) is 0 Å². The number of nitrogens with one attached hydrogen (secondary N) is 2. The van der Waals surface area contributed by atoms with Crippen molar-refractivity contribution in [2.75, 3.05) is 0 Å². The summed E-state index contributed by atoms with van der Waals surface area (Å²) >= 11 is 0. The van der Waals surface area contributed by atoms with Crippen LogP contribution in [0.25, 0.3) is 0 Å². The predicted molar refractivity (Wildman–Crippen MR) is 108 cm³/mol. The number of carbonyl (C=O) groups excluding carboxylic acids is 2. The molecule has 0 spiro atoms. The van der Waals surface area contributed by atoms with Crippen LogP contribution in [0.15, 0.2) is 24.3 Å². The minimum Gasteiger partial charge on any atom is -0.508 e. The molecular formula is C20H29N3O7. The van der Waals surface area contributed by atoms with Crippen LogP contribution in [0.3, 0.4) is 0 Å². The van der Waals surface area contributed by atoms with Gasteiger partial charge in [0.2, 0.25) is 11.8 Å². The molecule has 10 nitrogen and oxygen atoms in total. The zero-order valence-corrected chi connectivity index (χ0v) is 17.0. The molecule has 1 rings (SSSR count). The lowest BCUT2D eigenvalue weighted by Gasteiger charge is -2.24. The van der Waals surface area contributed by atoms with E-state index in [2.05, 4.69) is 10.6 Å². The van der Waals surface area contributed by atoms with Gasteiger partial charge in [-0.05, 0) is 36.5 Å². The summed E-state index contributed by atoms with van der Waals surface area (Å²) in [5.74, 6) is -3.64. The predicted octanol–water partition coefficient (Wildman–Crippen LogP) is 0.227. The first kappa shape index (κ1) is 24.9. The summed E-state index contributed by atoms with van der Waals surface area (Å²) in [6, 6.07) is 2.56. The fraction of sp³-hybridized carbons (Fsp3) is 0.500. The molecule has 0 aliphatic carbocycles. The summed E-state index contributed by atoms with van der Waals surface area (Å²) < 4.78 is 0. The molecular weight excluding hydrogens is 394 g/mol. The monoisotopic (exact) mass is 423 g/mol. The quantitative estimate of drug-likeness (QED) is 0.276. The molecule has 7 N–H and O–H groups in total. The van der Waals surface area contributed by atoms with Gasteiger partial charge in [0, 0.05) is 12.8 Å². The van der Waals surface area contributed by atoms with Crippen LogP contribution in [-0.2, 0) is 25.6 Å². The Morgan fingerprint density at radius 3 is 2.03 bits per heavy atom. The number of hydrogen-bond acceptors (Lipinski definition) is 6.